The van der Waals surface area contributed by atoms with Crippen molar-refractivity contribution in [2.45, 2.75) is 26.2 Å². The summed E-state index contributed by atoms with van der Waals surface area (Å²) in [6, 6.07) is 0. The first kappa shape index (κ1) is 14.8. The van der Waals surface area contributed by atoms with Crippen LogP contribution in [0.2, 0.25) is 0 Å². The fourth-order valence-electron chi connectivity index (χ4n) is 2.27. The van der Waals surface area contributed by atoms with Crippen molar-refractivity contribution >= 4 is 11.6 Å². The summed E-state index contributed by atoms with van der Waals surface area (Å²) in [5, 5.41) is 6.59. The van der Waals surface area contributed by atoms with Gasteiger partial charge in [0.05, 0.1) is 7.11 Å². The third kappa shape index (κ3) is 3.96. The summed E-state index contributed by atoms with van der Waals surface area (Å²) in [5.41, 5.74) is 0. The lowest BCUT2D eigenvalue weighted by atomic mass is 10.1. The minimum absolute atomic E-state index is 0.660. The van der Waals surface area contributed by atoms with Gasteiger partial charge in [0.1, 0.15) is 6.33 Å². The summed E-state index contributed by atoms with van der Waals surface area (Å²) in [4.78, 5) is 8.49. The molecule has 20 heavy (non-hydrogen) atoms. The first-order valence-electron chi connectivity index (χ1n) is 7.29. The molecule has 1 unspecified atom stereocenters. The van der Waals surface area contributed by atoms with E-state index < -0.39 is 0 Å². The van der Waals surface area contributed by atoms with Gasteiger partial charge in [-0.15, -0.1) is 0 Å². The zero-order chi connectivity index (χ0) is 14.2. The Hall–Kier alpha value is -1.56. The lowest BCUT2D eigenvalue weighted by Gasteiger charge is -2.14. The summed E-state index contributed by atoms with van der Waals surface area (Å²) < 4.78 is 10.8. The quantitative estimate of drug-likeness (QED) is 0.760. The maximum atomic E-state index is 5.42. The molecular formula is C14H24N4O2. The molecule has 1 saturated heterocycles. The van der Waals surface area contributed by atoms with Crippen molar-refractivity contribution in [1.82, 2.24) is 9.97 Å². The second-order valence-corrected chi connectivity index (χ2v) is 4.98. The van der Waals surface area contributed by atoms with Gasteiger partial charge < -0.3 is 20.1 Å². The van der Waals surface area contributed by atoms with Crippen LogP contribution in [0, 0.1) is 5.92 Å². The van der Waals surface area contributed by atoms with Gasteiger partial charge in [-0.25, -0.2) is 9.97 Å². The zero-order valence-electron chi connectivity index (χ0n) is 12.3. The van der Waals surface area contributed by atoms with Crippen molar-refractivity contribution < 1.29 is 9.47 Å². The average Bonchev–Trinajstić information content (AvgIpc) is 2.98. The summed E-state index contributed by atoms with van der Waals surface area (Å²) in [6.07, 6.45) is 4.84. The molecule has 6 nitrogen and oxygen atoms in total. The second-order valence-electron chi connectivity index (χ2n) is 4.98. The van der Waals surface area contributed by atoms with E-state index >= 15 is 0 Å². The van der Waals surface area contributed by atoms with Crippen molar-refractivity contribution in [2.24, 2.45) is 5.92 Å². The lowest BCUT2D eigenvalue weighted by Crippen LogP contribution is -2.12. The highest BCUT2D eigenvalue weighted by Crippen LogP contribution is 2.29. The van der Waals surface area contributed by atoms with Gasteiger partial charge >= 0.3 is 0 Å². The number of hydrogen-bond acceptors (Lipinski definition) is 6. The molecule has 2 N–H and O–H groups in total. The van der Waals surface area contributed by atoms with Crippen LogP contribution < -0.4 is 15.4 Å². The van der Waals surface area contributed by atoms with Gasteiger partial charge in [-0.1, -0.05) is 6.92 Å². The Kier molecular flexibility index (Phi) is 5.86. The van der Waals surface area contributed by atoms with Crippen LogP contribution in [0.3, 0.4) is 0 Å². The van der Waals surface area contributed by atoms with Crippen molar-refractivity contribution in [3.8, 4) is 5.75 Å². The largest absolute Gasteiger partial charge is 0.490 e. The Bertz CT molecular complexity index is 408. The number of nitrogens with one attached hydrogen (secondary N) is 2. The molecule has 1 atom stereocenters. The maximum Gasteiger partial charge on any atom is 0.204 e. The van der Waals surface area contributed by atoms with E-state index in [1.807, 2.05) is 0 Å². The molecule has 0 amide bonds. The van der Waals surface area contributed by atoms with E-state index in [9.17, 15) is 0 Å². The Morgan fingerprint density at radius 3 is 2.65 bits per heavy atom. The van der Waals surface area contributed by atoms with Gasteiger partial charge in [0.25, 0.3) is 0 Å². The van der Waals surface area contributed by atoms with Crippen LogP contribution in [-0.4, -0.2) is 43.4 Å². The molecule has 0 spiro atoms. The molecule has 0 bridgehead atoms. The Balaban J connectivity index is 1.91. The van der Waals surface area contributed by atoms with Crippen LogP contribution in [0.5, 0.6) is 5.75 Å². The Labute approximate surface area is 120 Å². The predicted octanol–water partition coefficient (Wildman–Crippen LogP) is 2.15. The molecule has 2 rings (SSSR count). The van der Waals surface area contributed by atoms with E-state index in [0.29, 0.717) is 11.7 Å². The number of anilines is 2. The minimum Gasteiger partial charge on any atom is -0.490 e. The summed E-state index contributed by atoms with van der Waals surface area (Å²) >= 11 is 0. The SMILES string of the molecule is CCCNc1ncnc(NCCC2CCOC2)c1OC. The molecule has 1 aromatic heterocycles. The van der Waals surface area contributed by atoms with E-state index in [1.165, 1.54) is 0 Å². The van der Waals surface area contributed by atoms with Gasteiger partial charge in [0.15, 0.2) is 11.6 Å². The number of nitrogens with zero attached hydrogens (tertiary/aromatic N) is 2. The Morgan fingerprint density at radius 1 is 1.30 bits per heavy atom. The van der Waals surface area contributed by atoms with Crippen LogP contribution in [0.4, 0.5) is 11.6 Å². The number of rotatable bonds is 8. The normalized spacial score (nSPS) is 18.0. The summed E-state index contributed by atoms with van der Waals surface area (Å²) in [7, 11) is 1.64. The monoisotopic (exact) mass is 280 g/mol. The van der Waals surface area contributed by atoms with Crippen molar-refractivity contribution in [2.75, 3.05) is 44.0 Å². The summed E-state index contributed by atoms with van der Waals surface area (Å²) in [6.45, 7) is 5.63. The molecule has 1 aliphatic heterocycles. The first-order valence-corrected chi connectivity index (χ1v) is 7.29. The van der Waals surface area contributed by atoms with Crippen LogP contribution in [-0.2, 0) is 4.74 Å². The molecule has 1 aromatic rings. The molecule has 0 saturated carbocycles. The van der Waals surface area contributed by atoms with E-state index in [0.717, 1.165) is 57.2 Å². The van der Waals surface area contributed by atoms with Crippen molar-refractivity contribution in [1.29, 1.82) is 0 Å². The molecule has 2 heterocycles. The first-order chi connectivity index (χ1) is 9.85. The molecule has 6 heteroatoms. The predicted molar refractivity (Wildman–Crippen MR) is 79.4 cm³/mol. The second kappa shape index (κ2) is 7.89. The van der Waals surface area contributed by atoms with E-state index in [-0.39, 0.29) is 0 Å². The van der Waals surface area contributed by atoms with Crippen LogP contribution in [0.15, 0.2) is 6.33 Å². The van der Waals surface area contributed by atoms with E-state index in [4.69, 9.17) is 9.47 Å². The van der Waals surface area contributed by atoms with Crippen LogP contribution >= 0.6 is 0 Å². The third-order valence-electron chi connectivity index (χ3n) is 3.42. The summed E-state index contributed by atoms with van der Waals surface area (Å²) in [5.74, 6) is 2.84. The standard InChI is InChI=1S/C14H24N4O2/c1-3-6-15-13-12(19-2)14(18-10-17-13)16-7-4-11-5-8-20-9-11/h10-11H,3-9H2,1-2H3,(H2,15,16,17,18). The highest BCUT2D eigenvalue weighted by atomic mass is 16.5. The van der Waals surface area contributed by atoms with Gasteiger partial charge in [-0.3, -0.25) is 0 Å². The minimum atomic E-state index is 0.660. The molecule has 1 aliphatic rings. The van der Waals surface area contributed by atoms with E-state index in [1.54, 1.807) is 13.4 Å². The number of aromatic nitrogens is 2. The van der Waals surface area contributed by atoms with Gasteiger partial charge in [0, 0.05) is 26.3 Å². The number of ether oxygens (including phenoxy) is 2. The maximum absolute atomic E-state index is 5.42. The molecule has 0 aromatic carbocycles. The third-order valence-corrected chi connectivity index (χ3v) is 3.42. The molecular weight excluding hydrogens is 256 g/mol. The lowest BCUT2D eigenvalue weighted by molar-refractivity contribution is 0.185. The fourth-order valence-corrected chi connectivity index (χ4v) is 2.27. The van der Waals surface area contributed by atoms with Crippen molar-refractivity contribution in [3.63, 3.8) is 0 Å². The van der Waals surface area contributed by atoms with Gasteiger partial charge in [0.2, 0.25) is 5.75 Å². The zero-order valence-corrected chi connectivity index (χ0v) is 12.3. The average molecular weight is 280 g/mol. The van der Waals surface area contributed by atoms with Gasteiger partial charge in [-0.05, 0) is 25.2 Å². The van der Waals surface area contributed by atoms with E-state index in [2.05, 4.69) is 27.5 Å². The highest BCUT2D eigenvalue weighted by Gasteiger charge is 2.16. The fraction of sp³-hybridized carbons (Fsp3) is 0.714. The highest BCUT2D eigenvalue weighted by molar-refractivity contribution is 5.63. The van der Waals surface area contributed by atoms with Crippen LogP contribution in [0.1, 0.15) is 26.2 Å². The van der Waals surface area contributed by atoms with Gasteiger partial charge in [-0.2, -0.15) is 0 Å². The number of hydrogen-bond donors (Lipinski definition) is 2. The Morgan fingerprint density at radius 2 is 2.05 bits per heavy atom. The molecule has 112 valence electrons. The smallest absolute Gasteiger partial charge is 0.204 e. The number of methoxy groups -OCH3 is 1. The molecule has 0 aliphatic carbocycles. The molecule has 0 radical (unpaired) electrons. The van der Waals surface area contributed by atoms with Crippen molar-refractivity contribution in [3.05, 3.63) is 6.33 Å². The van der Waals surface area contributed by atoms with Crippen LogP contribution in [0.25, 0.3) is 0 Å². The topological polar surface area (TPSA) is 68.3 Å². The molecule has 1 fully saturated rings.